The summed E-state index contributed by atoms with van der Waals surface area (Å²) in [5.74, 6) is 0. The molecule has 0 aromatic heterocycles. The van der Waals surface area contributed by atoms with Crippen molar-refractivity contribution in [1.29, 1.82) is 0 Å². The van der Waals surface area contributed by atoms with Crippen LogP contribution >= 0.6 is 0 Å². The van der Waals surface area contributed by atoms with E-state index in [-0.39, 0.29) is 6.73 Å². The van der Waals surface area contributed by atoms with Crippen molar-refractivity contribution < 1.29 is 22.5 Å². The fourth-order valence-corrected chi connectivity index (χ4v) is 2.74. The van der Waals surface area contributed by atoms with E-state index in [1.54, 1.807) is 0 Å². The fraction of sp³-hybridized carbons (Fsp3) is 0.875. The second-order valence-corrected chi connectivity index (χ2v) is 4.52. The lowest BCUT2D eigenvalue weighted by Gasteiger charge is -2.26. The monoisotopic (exact) mass is 236 g/mol. The molecule has 6 nitrogen and oxygen atoms in total. The Morgan fingerprint density at radius 3 is 1.80 bits per heavy atom. The van der Waals surface area contributed by atoms with Crippen molar-refractivity contribution >= 4 is 15.5 Å². The van der Waals surface area contributed by atoms with Gasteiger partial charge in [0, 0.05) is 19.8 Å². The molecule has 0 saturated carbocycles. The van der Waals surface area contributed by atoms with Crippen molar-refractivity contribution in [2.75, 3.05) is 26.6 Å². The van der Waals surface area contributed by atoms with Gasteiger partial charge in [0.2, 0.25) is 0 Å². The smallest absolute Gasteiger partial charge is 0.351 e. The van der Waals surface area contributed by atoms with E-state index in [0.29, 0.717) is 19.8 Å². The highest BCUT2D eigenvalue weighted by Gasteiger charge is 2.44. The standard InChI is InChI=1S/C8H18NO5Si/c1-4-11-15(12-5-2,13-6-3)14-8-9-7-10/h4-6,8H2,1-3H3,(H,9,10). The normalized spacial score (nSPS) is 11.4. The SMILES string of the molecule is CCO[Si](OCC)(OCC)OCN[C]=O. The average Bonchev–Trinajstić information content (AvgIpc) is 2.19. The van der Waals surface area contributed by atoms with Crippen molar-refractivity contribution in [3.63, 3.8) is 0 Å². The van der Waals surface area contributed by atoms with E-state index in [1.807, 2.05) is 20.8 Å². The second-order valence-electron chi connectivity index (χ2n) is 2.37. The Balaban J connectivity index is 4.24. The maximum absolute atomic E-state index is 9.94. The molecule has 0 heterocycles. The van der Waals surface area contributed by atoms with Crippen LogP contribution in [0.5, 0.6) is 0 Å². The molecule has 0 spiro atoms. The van der Waals surface area contributed by atoms with Gasteiger partial charge in [-0.2, -0.15) is 0 Å². The highest BCUT2D eigenvalue weighted by molar-refractivity contribution is 6.53. The molecule has 0 aromatic rings. The summed E-state index contributed by atoms with van der Waals surface area (Å²) in [6, 6.07) is 0. The summed E-state index contributed by atoms with van der Waals surface area (Å²) in [4.78, 5) is 9.94. The minimum Gasteiger partial charge on any atom is -0.351 e. The maximum Gasteiger partial charge on any atom is 0.681 e. The Bertz CT molecular complexity index is 152. The van der Waals surface area contributed by atoms with E-state index in [1.165, 1.54) is 6.41 Å². The third-order valence-corrected chi connectivity index (χ3v) is 3.78. The molecule has 0 aliphatic rings. The summed E-state index contributed by atoms with van der Waals surface area (Å²) < 4.78 is 21.4. The zero-order chi connectivity index (χ0) is 11.6. The first-order chi connectivity index (χ1) is 7.24. The molecule has 0 unspecified atom stereocenters. The van der Waals surface area contributed by atoms with Crippen LogP contribution in [0.2, 0.25) is 0 Å². The predicted molar refractivity (Wildman–Crippen MR) is 55.4 cm³/mol. The van der Waals surface area contributed by atoms with E-state index in [4.69, 9.17) is 17.7 Å². The Kier molecular flexibility index (Phi) is 8.53. The van der Waals surface area contributed by atoms with Gasteiger partial charge in [0.05, 0.1) is 0 Å². The molecule has 15 heavy (non-hydrogen) atoms. The molecule has 1 N–H and O–H groups in total. The molecule has 0 aromatic carbocycles. The van der Waals surface area contributed by atoms with E-state index < -0.39 is 9.05 Å². The summed E-state index contributed by atoms with van der Waals surface area (Å²) in [6.45, 7) is 6.72. The molecule has 89 valence electrons. The number of hydrogen-bond donors (Lipinski definition) is 1. The van der Waals surface area contributed by atoms with Crippen molar-refractivity contribution in [3.05, 3.63) is 0 Å². The summed E-state index contributed by atoms with van der Waals surface area (Å²) >= 11 is 0. The quantitative estimate of drug-likeness (QED) is 0.253. The van der Waals surface area contributed by atoms with Crippen molar-refractivity contribution in [3.8, 4) is 0 Å². The maximum atomic E-state index is 9.94. The lowest BCUT2D eigenvalue weighted by molar-refractivity contribution is -0.0286. The molecule has 7 heteroatoms. The van der Waals surface area contributed by atoms with Crippen LogP contribution in [0, 0.1) is 0 Å². The molecule has 0 saturated heterocycles. The van der Waals surface area contributed by atoms with Crippen LogP contribution in [0.25, 0.3) is 0 Å². The predicted octanol–water partition coefficient (Wildman–Crippen LogP) is 0.162. The molecule has 0 bridgehead atoms. The van der Waals surface area contributed by atoms with Crippen molar-refractivity contribution in [1.82, 2.24) is 5.32 Å². The molecule has 0 rings (SSSR count). The van der Waals surface area contributed by atoms with Crippen LogP contribution in [0.15, 0.2) is 0 Å². The summed E-state index contributed by atoms with van der Waals surface area (Å²) in [6.07, 6.45) is 1.50. The van der Waals surface area contributed by atoms with Gasteiger partial charge in [0.1, 0.15) is 6.73 Å². The van der Waals surface area contributed by atoms with Crippen LogP contribution in [0.3, 0.4) is 0 Å². The van der Waals surface area contributed by atoms with Crippen LogP contribution < -0.4 is 5.32 Å². The highest BCUT2D eigenvalue weighted by atomic mass is 28.4. The number of nitrogens with one attached hydrogen (secondary N) is 1. The highest BCUT2D eigenvalue weighted by Crippen LogP contribution is 2.10. The third-order valence-electron chi connectivity index (χ3n) is 1.36. The average molecular weight is 236 g/mol. The van der Waals surface area contributed by atoms with Gasteiger partial charge in [-0.15, -0.1) is 0 Å². The Morgan fingerprint density at radius 1 is 1.00 bits per heavy atom. The second kappa shape index (κ2) is 8.80. The Morgan fingerprint density at radius 2 is 1.47 bits per heavy atom. The minimum atomic E-state index is -3.07. The van der Waals surface area contributed by atoms with E-state index in [2.05, 4.69) is 5.32 Å². The van der Waals surface area contributed by atoms with E-state index in [0.717, 1.165) is 0 Å². The van der Waals surface area contributed by atoms with Gasteiger partial charge in [-0.1, -0.05) is 0 Å². The zero-order valence-corrected chi connectivity index (χ0v) is 10.4. The van der Waals surface area contributed by atoms with E-state index in [9.17, 15) is 4.79 Å². The molecule has 1 amide bonds. The molecule has 0 fully saturated rings. The number of carbonyl (C=O) groups excluding carboxylic acids is 1. The van der Waals surface area contributed by atoms with Gasteiger partial charge < -0.3 is 23.0 Å². The van der Waals surface area contributed by atoms with Crippen molar-refractivity contribution in [2.24, 2.45) is 0 Å². The molecule has 0 aliphatic carbocycles. The van der Waals surface area contributed by atoms with E-state index >= 15 is 0 Å². The summed E-state index contributed by atoms with van der Waals surface area (Å²) in [5, 5.41) is 2.25. The van der Waals surface area contributed by atoms with Crippen LogP contribution in [-0.4, -0.2) is 42.0 Å². The number of amides is 1. The first kappa shape index (κ1) is 14.5. The number of hydrogen-bond acceptors (Lipinski definition) is 5. The van der Waals surface area contributed by atoms with Gasteiger partial charge in [-0.05, 0) is 20.8 Å². The zero-order valence-electron chi connectivity index (χ0n) is 9.37. The van der Waals surface area contributed by atoms with Gasteiger partial charge in [-0.3, -0.25) is 4.79 Å². The fourth-order valence-electron chi connectivity index (χ4n) is 0.934. The summed E-state index contributed by atoms with van der Waals surface area (Å²) in [7, 11) is -3.07. The van der Waals surface area contributed by atoms with Gasteiger partial charge in [0.25, 0.3) is 0 Å². The van der Waals surface area contributed by atoms with Gasteiger partial charge in [0.15, 0.2) is 0 Å². The molecular formula is C8H18NO5Si. The van der Waals surface area contributed by atoms with Gasteiger partial charge in [-0.25, -0.2) is 0 Å². The lowest BCUT2D eigenvalue weighted by Crippen LogP contribution is -2.50. The molecular weight excluding hydrogens is 218 g/mol. The van der Waals surface area contributed by atoms with Crippen LogP contribution in [0.1, 0.15) is 20.8 Å². The molecule has 0 aliphatic heterocycles. The van der Waals surface area contributed by atoms with Crippen LogP contribution in [-0.2, 0) is 22.5 Å². The molecule has 0 atom stereocenters. The summed E-state index contributed by atoms with van der Waals surface area (Å²) in [5.41, 5.74) is 0. The first-order valence-corrected chi connectivity index (χ1v) is 6.53. The topological polar surface area (TPSA) is 66.0 Å². The van der Waals surface area contributed by atoms with Gasteiger partial charge >= 0.3 is 15.5 Å². The lowest BCUT2D eigenvalue weighted by atomic mass is 10.9. The van der Waals surface area contributed by atoms with Crippen LogP contribution in [0.4, 0.5) is 0 Å². The number of rotatable bonds is 10. The largest absolute Gasteiger partial charge is 0.681 e. The Hall–Kier alpha value is -0.473. The first-order valence-electron chi connectivity index (χ1n) is 4.90. The third kappa shape index (κ3) is 5.85. The minimum absolute atomic E-state index is 0.0320. The molecule has 1 radical (unpaired) electrons. The Labute approximate surface area is 91.3 Å². The van der Waals surface area contributed by atoms with Crippen molar-refractivity contribution in [2.45, 2.75) is 20.8 Å².